The highest BCUT2D eigenvalue weighted by atomic mass is 32.2. The van der Waals surface area contributed by atoms with E-state index in [1.54, 1.807) is 6.92 Å². The maximum Gasteiger partial charge on any atom is 0.0942 e. The Morgan fingerprint density at radius 3 is 2.67 bits per heavy atom. The van der Waals surface area contributed by atoms with Gasteiger partial charge in [-0.2, -0.15) is 0 Å². The molecule has 0 amide bonds. The van der Waals surface area contributed by atoms with E-state index in [0.29, 0.717) is 0 Å². The summed E-state index contributed by atoms with van der Waals surface area (Å²) in [4.78, 5) is 0. The summed E-state index contributed by atoms with van der Waals surface area (Å²) in [7, 11) is 1.48. The Morgan fingerprint density at radius 2 is 2.33 bits per heavy atom. The third kappa shape index (κ3) is 5.91. The molecule has 5 heteroatoms. The van der Waals surface area contributed by atoms with E-state index in [-0.39, 0.29) is 6.61 Å². The third-order valence-corrected chi connectivity index (χ3v) is 1.13. The van der Waals surface area contributed by atoms with Gasteiger partial charge >= 0.3 is 0 Å². The van der Waals surface area contributed by atoms with Crippen LogP contribution in [0.3, 0.4) is 0 Å². The first kappa shape index (κ1) is 9.03. The first-order chi connectivity index (χ1) is 4.16. The van der Waals surface area contributed by atoms with E-state index in [4.69, 9.17) is 0 Å². The largest absolute Gasteiger partial charge is 0.750 e. The lowest BCUT2D eigenvalue weighted by atomic mass is 10.5. The molecular formula is C4H9O4S-. The minimum atomic E-state index is -2.43. The molecule has 0 saturated carbocycles. The number of ether oxygens (including phenoxy) is 1. The van der Waals surface area contributed by atoms with Crippen molar-refractivity contribution in [3.63, 3.8) is 0 Å². The summed E-state index contributed by atoms with van der Waals surface area (Å²) in [6, 6.07) is 0. The fourth-order valence-corrected chi connectivity index (χ4v) is 0.720. The molecule has 4 nitrogen and oxygen atoms in total. The molecule has 0 aliphatic rings. The second-order valence-electron chi connectivity index (χ2n) is 1.57. The molecule has 0 saturated heterocycles. The van der Waals surface area contributed by atoms with Crippen molar-refractivity contribution in [1.82, 2.24) is 0 Å². The quantitative estimate of drug-likeness (QED) is 0.526. The van der Waals surface area contributed by atoms with Gasteiger partial charge < -0.3 is 9.29 Å². The normalized spacial score (nSPS) is 17.2. The van der Waals surface area contributed by atoms with Gasteiger partial charge in [0.15, 0.2) is 0 Å². The van der Waals surface area contributed by atoms with Gasteiger partial charge in [0.2, 0.25) is 0 Å². The van der Waals surface area contributed by atoms with Gasteiger partial charge in [0.25, 0.3) is 0 Å². The number of rotatable bonds is 4. The average molecular weight is 153 g/mol. The summed E-state index contributed by atoms with van der Waals surface area (Å²) >= 11 is -2.43. The monoisotopic (exact) mass is 153 g/mol. The summed E-state index contributed by atoms with van der Waals surface area (Å²) < 4.78 is 28.5. The van der Waals surface area contributed by atoms with Crippen LogP contribution in [0.1, 0.15) is 6.92 Å². The molecule has 9 heavy (non-hydrogen) atoms. The van der Waals surface area contributed by atoms with E-state index in [0.717, 1.165) is 0 Å². The van der Waals surface area contributed by atoms with Gasteiger partial charge in [0.05, 0.1) is 24.1 Å². The molecule has 2 unspecified atom stereocenters. The predicted octanol–water partition coefficient (Wildman–Crippen LogP) is -0.168. The Bertz CT molecular complexity index is 94.6. The molecule has 56 valence electrons. The topological polar surface area (TPSA) is 58.6 Å². The van der Waals surface area contributed by atoms with E-state index >= 15 is 0 Å². The van der Waals surface area contributed by atoms with Crippen LogP contribution in [-0.2, 0) is 20.3 Å². The summed E-state index contributed by atoms with van der Waals surface area (Å²) in [5.41, 5.74) is 0. The highest BCUT2D eigenvalue weighted by Gasteiger charge is 1.99. The molecule has 0 heterocycles. The maximum atomic E-state index is 9.81. The minimum absolute atomic E-state index is 0.286. The van der Waals surface area contributed by atoms with Gasteiger partial charge in [-0.1, -0.05) is 0 Å². The van der Waals surface area contributed by atoms with Crippen LogP contribution in [0.2, 0.25) is 0 Å². The Kier molecular flexibility index (Phi) is 4.88. The third-order valence-electron chi connectivity index (χ3n) is 0.644. The average Bonchev–Trinajstić information content (AvgIpc) is 1.63. The van der Waals surface area contributed by atoms with Crippen LogP contribution >= 0.6 is 0 Å². The van der Waals surface area contributed by atoms with Crippen molar-refractivity contribution in [2.45, 2.75) is 13.0 Å². The van der Waals surface area contributed by atoms with E-state index in [9.17, 15) is 8.76 Å². The molecule has 0 aliphatic carbocycles. The number of methoxy groups -OCH3 is 1. The zero-order valence-corrected chi connectivity index (χ0v) is 6.14. The molecule has 2 atom stereocenters. The van der Waals surface area contributed by atoms with E-state index in [2.05, 4.69) is 8.92 Å². The molecule has 0 N–H and O–H groups in total. The van der Waals surface area contributed by atoms with Crippen LogP contribution in [0, 0.1) is 0 Å². The van der Waals surface area contributed by atoms with E-state index in [1.807, 2.05) is 0 Å². The molecule has 0 spiro atoms. The minimum Gasteiger partial charge on any atom is -0.750 e. The Morgan fingerprint density at radius 1 is 1.78 bits per heavy atom. The summed E-state index contributed by atoms with van der Waals surface area (Å²) in [6.07, 6.45) is -0.395. The van der Waals surface area contributed by atoms with Crippen LogP contribution < -0.4 is 0 Å². The van der Waals surface area contributed by atoms with Crippen molar-refractivity contribution in [2.24, 2.45) is 0 Å². The van der Waals surface area contributed by atoms with Crippen molar-refractivity contribution in [3.05, 3.63) is 0 Å². The summed E-state index contributed by atoms with van der Waals surface area (Å²) in [6.45, 7) is 1.90. The number of hydrogen-bond acceptors (Lipinski definition) is 4. The van der Waals surface area contributed by atoms with Crippen LogP contribution in [-0.4, -0.2) is 28.6 Å². The first-order valence-electron chi connectivity index (χ1n) is 2.42. The molecular weight excluding hydrogens is 144 g/mol. The summed E-state index contributed by atoms with van der Waals surface area (Å²) in [5.74, 6) is 0. The van der Waals surface area contributed by atoms with Gasteiger partial charge in [-0.15, -0.1) is 0 Å². The van der Waals surface area contributed by atoms with Crippen LogP contribution in [0.5, 0.6) is 0 Å². The van der Waals surface area contributed by atoms with Gasteiger partial charge in [-0.05, 0) is 6.92 Å². The maximum absolute atomic E-state index is 9.81. The summed E-state index contributed by atoms with van der Waals surface area (Å²) in [5, 5.41) is 0. The first-order valence-corrected chi connectivity index (χ1v) is 3.42. The standard InChI is InChI=1S/C4H10O4S/c1-4(3-7-2)8-9(5)6/h4H,3H2,1-2H3,(H,5,6)/p-1. The SMILES string of the molecule is COCC(C)OS(=O)[O-]. The number of hydrogen-bond donors (Lipinski definition) is 0. The van der Waals surface area contributed by atoms with Crippen molar-refractivity contribution in [3.8, 4) is 0 Å². The molecule has 0 fully saturated rings. The zero-order chi connectivity index (χ0) is 7.28. The molecule has 0 aromatic carbocycles. The van der Waals surface area contributed by atoms with Gasteiger partial charge in [0, 0.05) is 7.11 Å². The molecule has 0 bridgehead atoms. The lowest BCUT2D eigenvalue weighted by Crippen LogP contribution is -2.15. The Balaban J connectivity index is 3.26. The van der Waals surface area contributed by atoms with Crippen LogP contribution in [0.4, 0.5) is 0 Å². The van der Waals surface area contributed by atoms with Crippen molar-refractivity contribution in [2.75, 3.05) is 13.7 Å². The van der Waals surface area contributed by atoms with Crippen LogP contribution in [0.25, 0.3) is 0 Å². The van der Waals surface area contributed by atoms with Gasteiger partial charge in [0.1, 0.15) is 0 Å². The predicted molar refractivity (Wildman–Crippen MR) is 31.3 cm³/mol. The fourth-order valence-electron chi connectivity index (χ4n) is 0.397. The lowest BCUT2D eigenvalue weighted by Gasteiger charge is -2.11. The van der Waals surface area contributed by atoms with Gasteiger partial charge in [-0.3, -0.25) is 4.18 Å². The molecule has 0 aromatic heterocycles. The zero-order valence-electron chi connectivity index (χ0n) is 5.33. The molecule has 0 aromatic rings. The molecule has 0 aliphatic heterocycles. The molecule has 0 radical (unpaired) electrons. The van der Waals surface area contributed by atoms with Crippen molar-refractivity contribution < 1.29 is 17.7 Å². The Labute approximate surface area is 56.6 Å². The van der Waals surface area contributed by atoms with Crippen molar-refractivity contribution >= 4 is 11.4 Å². The second kappa shape index (κ2) is 4.87. The lowest BCUT2D eigenvalue weighted by molar-refractivity contribution is 0.0939. The highest BCUT2D eigenvalue weighted by Crippen LogP contribution is 1.91. The highest BCUT2D eigenvalue weighted by molar-refractivity contribution is 7.74. The fraction of sp³-hybridized carbons (Fsp3) is 1.00. The van der Waals surface area contributed by atoms with Gasteiger partial charge in [-0.25, -0.2) is 4.21 Å². The van der Waals surface area contributed by atoms with Crippen LogP contribution in [0.15, 0.2) is 0 Å². The van der Waals surface area contributed by atoms with Crippen molar-refractivity contribution in [1.29, 1.82) is 0 Å². The second-order valence-corrected chi connectivity index (χ2v) is 2.17. The van der Waals surface area contributed by atoms with E-state index in [1.165, 1.54) is 7.11 Å². The molecule has 0 rings (SSSR count). The Hall–Kier alpha value is 0.0300. The van der Waals surface area contributed by atoms with E-state index < -0.39 is 17.5 Å². The smallest absolute Gasteiger partial charge is 0.0942 e.